The van der Waals surface area contributed by atoms with E-state index in [1.54, 1.807) is 12.3 Å². The van der Waals surface area contributed by atoms with E-state index in [1.807, 2.05) is 11.6 Å². The molecule has 2 aromatic heterocycles. The van der Waals surface area contributed by atoms with Crippen LogP contribution in [0.4, 0.5) is 0 Å². The van der Waals surface area contributed by atoms with Gasteiger partial charge in [-0.1, -0.05) is 18.5 Å². The van der Waals surface area contributed by atoms with Gasteiger partial charge in [-0.25, -0.2) is 0 Å². The van der Waals surface area contributed by atoms with Crippen LogP contribution < -0.4 is 0 Å². The first kappa shape index (κ1) is 11.4. The number of nitrogens with zero attached hydrogens (tertiary/aromatic N) is 4. The van der Waals surface area contributed by atoms with Gasteiger partial charge in [0.25, 0.3) is 5.89 Å². The summed E-state index contributed by atoms with van der Waals surface area (Å²) in [6.45, 7) is 2.12. The zero-order valence-electron chi connectivity index (χ0n) is 9.97. The highest BCUT2D eigenvalue weighted by molar-refractivity contribution is 5.52. The van der Waals surface area contributed by atoms with E-state index in [-0.39, 0.29) is 0 Å². The maximum absolute atomic E-state index is 8.81. The Morgan fingerprint density at radius 3 is 3.00 bits per heavy atom. The molecular weight excluding hydrogens is 216 g/mol. The van der Waals surface area contributed by atoms with Crippen molar-refractivity contribution in [1.29, 1.82) is 5.26 Å². The van der Waals surface area contributed by atoms with Gasteiger partial charge in [-0.2, -0.15) is 10.2 Å². The molecule has 0 spiro atoms. The molecule has 0 aliphatic carbocycles. The summed E-state index contributed by atoms with van der Waals surface area (Å²) in [5.41, 5.74) is 1.37. The van der Waals surface area contributed by atoms with Crippen LogP contribution in [0.2, 0.25) is 0 Å². The predicted molar refractivity (Wildman–Crippen MR) is 62.0 cm³/mol. The molecule has 88 valence electrons. The largest absolute Gasteiger partial charge is 0.345 e. The summed E-state index contributed by atoms with van der Waals surface area (Å²) in [7, 11) is 1.85. The molecule has 0 aromatic carbocycles. The summed E-state index contributed by atoms with van der Waals surface area (Å²) in [6.07, 6.45) is 4.73. The van der Waals surface area contributed by atoms with E-state index >= 15 is 0 Å². The van der Waals surface area contributed by atoms with Crippen LogP contribution in [0.5, 0.6) is 0 Å². The second-order valence-electron chi connectivity index (χ2n) is 3.96. The van der Waals surface area contributed by atoms with Gasteiger partial charge in [-0.3, -0.25) is 0 Å². The van der Waals surface area contributed by atoms with Gasteiger partial charge in [0.15, 0.2) is 5.82 Å². The monoisotopic (exact) mass is 230 g/mol. The summed E-state index contributed by atoms with van der Waals surface area (Å²) >= 11 is 0. The molecule has 5 nitrogen and oxygen atoms in total. The Morgan fingerprint density at radius 1 is 1.53 bits per heavy atom. The maximum atomic E-state index is 8.81. The maximum Gasteiger partial charge on any atom is 0.274 e. The van der Waals surface area contributed by atoms with Crippen LogP contribution in [0.3, 0.4) is 0 Å². The zero-order valence-corrected chi connectivity index (χ0v) is 9.97. The molecule has 0 N–H and O–H groups in total. The number of unbranched alkanes of at least 4 members (excludes halogenated alkanes) is 1. The lowest BCUT2D eigenvalue weighted by atomic mass is 10.2. The van der Waals surface area contributed by atoms with Crippen molar-refractivity contribution in [2.45, 2.75) is 26.2 Å². The van der Waals surface area contributed by atoms with E-state index in [9.17, 15) is 0 Å². The lowest BCUT2D eigenvalue weighted by Crippen LogP contribution is -1.90. The van der Waals surface area contributed by atoms with Crippen molar-refractivity contribution in [3.63, 3.8) is 0 Å². The second-order valence-corrected chi connectivity index (χ2v) is 3.96. The van der Waals surface area contributed by atoms with Crippen LogP contribution in [0.1, 0.15) is 31.2 Å². The smallest absolute Gasteiger partial charge is 0.274 e. The Kier molecular flexibility index (Phi) is 3.24. The van der Waals surface area contributed by atoms with Crippen LogP contribution >= 0.6 is 0 Å². The van der Waals surface area contributed by atoms with Crippen LogP contribution in [0.25, 0.3) is 11.6 Å². The first-order valence-electron chi connectivity index (χ1n) is 5.64. The SMILES string of the molecule is CCCCc1noc(-c2cc(C#N)cn2C)n1. The number of hydrogen-bond acceptors (Lipinski definition) is 4. The number of nitriles is 1. The highest BCUT2D eigenvalue weighted by Crippen LogP contribution is 2.19. The molecule has 2 heterocycles. The summed E-state index contributed by atoms with van der Waals surface area (Å²) in [4.78, 5) is 4.32. The third kappa shape index (κ3) is 2.36. The van der Waals surface area contributed by atoms with E-state index in [0.29, 0.717) is 11.5 Å². The first-order valence-corrected chi connectivity index (χ1v) is 5.64. The third-order valence-electron chi connectivity index (χ3n) is 2.58. The van der Waals surface area contributed by atoms with Crippen molar-refractivity contribution >= 4 is 0 Å². The minimum atomic E-state index is 0.472. The van der Waals surface area contributed by atoms with E-state index in [0.717, 1.165) is 30.8 Å². The van der Waals surface area contributed by atoms with E-state index in [2.05, 4.69) is 23.1 Å². The fourth-order valence-electron chi connectivity index (χ4n) is 1.63. The van der Waals surface area contributed by atoms with Crippen molar-refractivity contribution in [3.8, 4) is 17.7 Å². The highest BCUT2D eigenvalue weighted by Gasteiger charge is 2.12. The Morgan fingerprint density at radius 2 is 2.35 bits per heavy atom. The molecule has 0 saturated heterocycles. The molecule has 2 aromatic rings. The minimum absolute atomic E-state index is 0.472. The Balaban J connectivity index is 2.24. The van der Waals surface area contributed by atoms with Crippen LogP contribution in [-0.4, -0.2) is 14.7 Å². The molecule has 5 heteroatoms. The van der Waals surface area contributed by atoms with Gasteiger partial charge in [-0.05, 0) is 12.5 Å². The van der Waals surface area contributed by atoms with E-state index < -0.39 is 0 Å². The molecule has 0 bridgehead atoms. The predicted octanol–water partition coefficient (Wildman–Crippen LogP) is 2.29. The summed E-state index contributed by atoms with van der Waals surface area (Å²) in [5.74, 6) is 1.20. The molecule has 0 unspecified atom stereocenters. The average Bonchev–Trinajstić information content (AvgIpc) is 2.92. The lowest BCUT2D eigenvalue weighted by Gasteiger charge is -1.94. The number of aryl methyl sites for hydroxylation is 2. The first-order chi connectivity index (χ1) is 8.24. The Bertz CT molecular complexity index is 547. The second kappa shape index (κ2) is 4.83. The van der Waals surface area contributed by atoms with E-state index in [1.165, 1.54) is 0 Å². The summed E-state index contributed by atoms with van der Waals surface area (Å²) in [5, 5.41) is 12.7. The Labute approximate surface area is 99.7 Å². The van der Waals surface area contributed by atoms with Crippen molar-refractivity contribution in [1.82, 2.24) is 14.7 Å². The van der Waals surface area contributed by atoms with Crippen molar-refractivity contribution in [2.75, 3.05) is 0 Å². The molecule has 2 rings (SSSR count). The van der Waals surface area contributed by atoms with Gasteiger partial charge < -0.3 is 9.09 Å². The zero-order chi connectivity index (χ0) is 12.3. The van der Waals surface area contributed by atoms with Gasteiger partial charge in [-0.15, -0.1) is 0 Å². The molecule has 0 radical (unpaired) electrons. The van der Waals surface area contributed by atoms with Crippen molar-refractivity contribution in [3.05, 3.63) is 23.7 Å². The number of rotatable bonds is 4. The fraction of sp³-hybridized carbons (Fsp3) is 0.417. The van der Waals surface area contributed by atoms with Crippen molar-refractivity contribution in [2.24, 2.45) is 7.05 Å². The third-order valence-corrected chi connectivity index (χ3v) is 2.58. The lowest BCUT2D eigenvalue weighted by molar-refractivity contribution is 0.419. The molecule has 0 aliphatic heterocycles. The average molecular weight is 230 g/mol. The van der Waals surface area contributed by atoms with Gasteiger partial charge in [0.05, 0.1) is 5.56 Å². The molecule has 0 saturated carbocycles. The van der Waals surface area contributed by atoms with Gasteiger partial charge in [0, 0.05) is 19.7 Å². The molecule has 0 aliphatic rings. The summed E-state index contributed by atoms with van der Waals surface area (Å²) < 4.78 is 7.01. The quantitative estimate of drug-likeness (QED) is 0.808. The van der Waals surface area contributed by atoms with Gasteiger partial charge >= 0.3 is 0 Å². The molecule has 0 amide bonds. The fourth-order valence-corrected chi connectivity index (χ4v) is 1.63. The standard InChI is InChI=1S/C12H14N4O/c1-3-4-5-11-14-12(17-15-11)10-6-9(7-13)8-16(10)2/h6,8H,3-5H2,1-2H3. The molecule has 0 fully saturated rings. The normalized spacial score (nSPS) is 10.4. The van der Waals surface area contributed by atoms with Crippen LogP contribution in [-0.2, 0) is 13.5 Å². The topological polar surface area (TPSA) is 67.6 Å². The highest BCUT2D eigenvalue weighted by atomic mass is 16.5. The number of aromatic nitrogens is 3. The van der Waals surface area contributed by atoms with Gasteiger partial charge in [0.2, 0.25) is 0 Å². The van der Waals surface area contributed by atoms with Gasteiger partial charge in [0.1, 0.15) is 11.8 Å². The molecule has 17 heavy (non-hydrogen) atoms. The Hall–Kier alpha value is -2.09. The molecular formula is C12H14N4O. The van der Waals surface area contributed by atoms with Crippen LogP contribution in [0.15, 0.2) is 16.8 Å². The van der Waals surface area contributed by atoms with Crippen LogP contribution in [0, 0.1) is 11.3 Å². The minimum Gasteiger partial charge on any atom is -0.345 e. The molecule has 0 atom stereocenters. The summed E-state index contributed by atoms with van der Waals surface area (Å²) in [6, 6.07) is 3.84. The van der Waals surface area contributed by atoms with Crippen molar-refractivity contribution < 1.29 is 4.52 Å². The van der Waals surface area contributed by atoms with E-state index in [4.69, 9.17) is 9.78 Å². The number of hydrogen-bond donors (Lipinski definition) is 0.